The van der Waals surface area contributed by atoms with Crippen molar-refractivity contribution in [1.82, 2.24) is 10.2 Å². The van der Waals surface area contributed by atoms with E-state index in [1.165, 1.54) is 0 Å². The number of carboxylic acid groups (broad SMARTS) is 1. The Morgan fingerprint density at radius 1 is 1.33 bits per heavy atom. The number of aromatic amines is 1. The fourth-order valence-corrected chi connectivity index (χ4v) is 3.02. The van der Waals surface area contributed by atoms with E-state index in [1.807, 2.05) is 29.2 Å². The minimum atomic E-state index is -0.745. The molecule has 128 valence electrons. The van der Waals surface area contributed by atoms with Gasteiger partial charge in [-0.3, -0.25) is 9.89 Å². The zero-order chi connectivity index (χ0) is 17.1. The summed E-state index contributed by atoms with van der Waals surface area (Å²) in [6, 6.07) is 7.48. The van der Waals surface area contributed by atoms with Gasteiger partial charge in [0, 0.05) is 24.7 Å². The van der Waals surface area contributed by atoms with Gasteiger partial charge in [0.15, 0.2) is 5.82 Å². The molecule has 1 aliphatic rings. The maximum absolute atomic E-state index is 11.2. The third-order valence-corrected chi connectivity index (χ3v) is 4.36. The highest BCUT2D eigenvalue weighted by Crippen LogP contribution is 2.34. The number of H-pyrrole nitrogens is 1. The molecule has 7 heteroatoms. The van der Waals surface area contributed by atoms with Crippen LogP contribution in [0.2, 0.25) is 0 Å². The first-order chi connectivity index (χ1) is 11.6. The number of methoxy groups -OCH3 is 2. The van der Waals surface area contributed by atoms with Crippen LogP contribution in [0.1, 0.15) is 12.8 Å². The van der Waals surface area contributed by atoms with Gasteiger partial charge >= 0.3 is 5.97 Å². The third-order valence-electron chi connectivity index (χ3n) is 4.36. The van der Waals surface area contributed by atoms with Gasteiger partial charge in [-0.1, -0.05) is 0 Å². The van der Waals surface area contributed by atoms with Crippen LogP contribution in [0.15, 0.2) is 24.3 Å². The lowest BCUT2D eigenvalue weighted by atomic mass is 9.98. The van der Waals surface area contributed by atoms with Crippen LogP contribution < -0.4 is 14.4 Å². The summed E-state index contributed by atoms with van der Waals surface area (Å²) >= 11 is 0. The number of ether oxygens (including phenoxy) is 2. The molecule has 0 spiro atoms. The fourth-order valence-electron chi connectivity index (χ4n) is 3.02. The van der Waals surface area contributed by atoms with E-state index < -0.39 is 5.97 Å². The fraction of sp³-hybridized carbons (Fsp3) is 0.412. The lowest BCUT2D eigenvalue weighted by molar-refractivity contribution is -0.141. The standard InChI is InChI=1S/C17H21N3O4/c1-23-12-5-6-15(24-2)13(8-12)14-9-16(19-18-14)20-7-3-4-11(10-20)17(21)22/h5-6,8-9,11H,3-4,7,10H2,1-2H3,(H,18,19)(H,21,22). The number of piperidine rings is 1. The van der Waals surface area contributed by atoms with Crippen molar-refractivity contribution in [3.63, 3.8) is 0 Å². The van der Waals surface area contributed by atoms with Crippen LogP contribution in [-0.4, -0.2) is 48.6 Å². The van der Waals surface area contributed by atoms with E-state index in [0.29, 0.717) is 18.7 Å². The van der Waals surface area contributed by atoms with E-state index in [9.17, 15) is 9.90 Å². The lowest BCUT2D eigenvalue weighted by Gasteiger charge is -2.30. The van der Waals surface area contributed by atoms with Crippen LogP contribution in [0.4, 0.5) is 5.82 Å². The molecule has 1 aromatic carbocycles. The molecule has 3 rings (SSSR count). The van der Waals surface area contributed by atoms with Gasteiger partial charge in [-0.15, -0.1) is 0 Å². The highest BCUT2D eigenvalue weighted by atomic mass is 16.5. The maximum atomic E-state index is 11.2. The summed E-state index contributed by atoms with van der Waals surface area (Å²) < 4.78 is 10.7. The van der Waals surface area contributed by atoms with Gasteiger partial charge in [0.25, 0.3) is 0 Å². The Kier molecular flexibility index (Phi) is 4.59. The number of rotatable bonds is 5. The van der Waals surface area contributed by atoms with Gasteiger partial charge in [0.05, 0.1) is 25.8 Å². The summed E-state index contributed by atoms with van der Waals surface area (Å²) in [5.74, 6) is 1.11. The number of nitrogens with one attached hydrogen (secondary N) is 1. The second-order valence-electron chi connectivity index (χ2n) is 5.83. The van der Waals surface area contributed by atoms with Gasteiger partial charge in [-0.25, -0.2) is 0 Å². The quantitative estimate of drug-likeness (QED) is 0.875. The van der Waals surface area contributed by atoms with Crippen molar-refractivity contribution in [2.75, 3.05) is 32.2 Å². The summed E-state index contributed by atoms with van der Waals surface area (Å²) in [4.78, 5) is 13.2. The summed E-state index contributed by atoms with van der Waals surface area (Å²) in [5.41, 5.74) is 1.65. The number of hydrogen-bond acceptors (Lipinski definition) is 5. The molecule has 1 unspecified atom stereocenters. The number of carbonyl (C=O) groups is 1. The Balaban J connectivity index is 1.87. The summed E-state index contributed by atoms with van der Waals surface area (Å²) in [7, 11) is 3.23. The molecule has 0 bridgehead atoms. The molecule has 0 radical (unpaired) electrons. The van der Waals surface area contributed by atoms with E-state index in [2.05, 4.69) is 10.2 Å². The molecule has 1 atom stereocenters. The van der Waals surface area contributed by atoms with Crippen LogP contribution in [0.25, 0.3) is 11.3 Å². The molecule has 0 amide bonds. The molecule has 1 saturated heterocycles. The third kappa shape index (κ3) is 3.15. The Labute approximate surface area is 140 Å². The first-order valence-corrected chi connectivity index (χ1v) is 7.88. The van der Waals surface area contributed by atoms with Crippen LogP contribution in [-0.2, 0) is 4.79 Å². The molecule has 2 heterocycles. The van der Waals surface area contributed by atoms with E-state index >= 15 is 0 Å². The molecule has 1 fully saturated rings. The average Bonchev–Trinajstić information content (AvgIpc) is 3.11. The van der Waals surface area contributed by atoms with Crippen molar-refractivity contribution < 1.29 is 19.4 Å². The van der Waals surface area contributed by atoms with Crippen molar-refractivity contribution in [2.24, 2.45) is 5.92 Å². The number of hydrogen-bond donors (Lipinski definition) is 2. The highest BCUT2D eigenvalue weighted by Gasteiger charge is 2.26. The van der Waals surface area contributed by atoms with Crippen molar-refractivity contribution in [3.05, 3.63) is 24.3 Å². The summed E-state index contributed by atoms with van der Waals surface area (Å²) in [6.45, 7) is 1.29. The van der Waals surface area contributed by atoms with Crippen molar-refractivity contribution in [2.45, 2.75) is 12.8 Å². The van der Waals surface area contributed by atoms with Crippen molar-refractivity contribution >= 4 is 11.8 Å². The average molecular weight is 331 g/mol. The Morgan fingerprint density at radius 2 is 2.17 bits per heavy atom. The molecule has 7 nitrogen and oxygen atoms in total. The van der Waals surface area contributed by atoms with Crippen LogP contribution in [0.5, 0.6) is 11.5 Å². The summed E-state index contributed by atoms with van der Waals surface area (Å²) in [6.07, 6.45) is 1.56. The van der Waals surface area contributed by atoms with Crippen LogP contribution in [0.3, 0.4) is 0 Å². The normalized spacial score (nSPS) is 17.6. The van der Waals surface area contributed by atoms with Gasteiger partial charge in [-0.2, -0.15) is 5.10 Å². The second-order valence-corrected chi connectivity index (χ2v) is 5.83. The predicted molar refractivity (Wildman–Crippen MR) is 89.7 cm³/mol. The SMILES string of the molecule is COc1ccc(OC)c(-c2cc(N3CCCC(C(=O)O)C3)n[nH]2)c1. The minimum absolute atomic E-state index is 0.342. The van der Waals surface area contributed by atoms with Gasteiger partial charge in [-0.05, 0) is 31.0 Å². The van der Waals surface area contributed by atoms with Crippen LogP contribution in [0, 0.1) is 5.92 Å². The predicted octanol–water partition coefficient (Wildman–Crippen LogP) is 2.39. The topological polar surface area (TPSA) is 87.7 Å². The Bertz CT molecular complexity index is 728. The van der Waals surface area contributed by atoms with E-state index in [1.54, 1.807) is 14.2 Å². The Morgan fingerprint density at radius 3 is 2.88 bits per heavy atom. The van der Waals surface area contributed by atoms with Crippen molar-refractivity contribution in [3.8, 4) is 22.8 Å². The number of carboxylic acids is 1. The number of benzene rings is 1. The molecule has 1 aromatic heterocycles. The van der Waals surface area contributed by atoms with E-state index in [-0.39, 0.29) is 5.92 Å². The number of aliphatic carboxylic acids is 1. The molecule has 1 aliphatic heterocycles. The van der Waals surface area contributed by atoms with E-state index in [0.717, 1.165) is 35.8 Å². The van der Waals surface area contributed by atoms with Gasteiger partial charge in [0.2, 0.25) is 0 Å². The lowest BCUT2D eigenvalue weighted by Crippen LogP contribution is -2.38. The van der Waals surface area contributed by atoms with E-state index in [4.69, 9.17) is 9.47 Å². The Hall–Kier alpha value is -2.70. The first kappa shape index (κ1) is 16.2. The molecular formula is C17H21N3O4. The van der Waals surface area contributed by atoms with Crippen LogP contribution >= 0.6 is 0 Å². The molecule has 2 aromatic rings. The zero-order valence-electron chi connectivity index (χ0n) is 13.8. The largest absolute Gasteiger partial charge is 0.497 e. The minimum Gasteiger partial charge on any atom is -0.497 e. The monoisotopic (exact) mass is 331 g/mol. The summed E-state index contributed by atoms with van der Waals surface area (Å²) in [5, 5.41) is 16.6. The number of anilines is 1. The molecule has 2 N–H and O–H groups in total. The number of aromatic nitrogens is 2. The second kappa shape index (κ2) is 6.82. The van der Waals surface area contributed by atoms with Gasteiger partial charge < -0.3 is 19.5 Å². The van der Waals surface area contributed by atoms with Crippen molar-refractivity contribution in [1.29, 1.82) is 0 Å². The van der Waals surface area contributed by atoms with Gasteiger partial charge in [0.1, 0.15) is 11.5 Å². The number of nitrogens with zero attached hydrogens (tertiary/aromatic N) is 2. The first-order valence-electron chi connectivity index (χ1n) is 7.88. The zero-order valence-corrected chi connectivity index (χ0v) is 13.8. The molecule has 0 aliphatic carbocycles. The maximum Gasteiger partial charge on any atom is 0.308 e. The smallest absolute Gasteiger partial charge is 0.308 e. The molecule has 0 saturated carbocycles. The molecule has 24 heavy (non-hydrogen) atoms. The molecular weight excluding hydrogens is 310 g/mol. The highest BCUT2D eigenvalue weighted by molar-refractivity contribution is 5.73.